The molecule has 65 heavy (non-hydrogen) atoms. The first-order chi connectivity index (χ1) is 31.2. The number of phenols is 1. The summed E-state index contributed by atoms with van der Waals surface area (Å²) in [5, 5.41) is 10.7. The van der Waals surface area contributed by atoms with Crippen molar-refractivity contribution in [3.05, 3.63) is 141 Å². The molecule has 0 unspecified atom stereocenters. The highest BCUT2D eigenvalue weighted by atomic mass is 35.5. The van der Waals surface area contributed by atoms with E-state index in [4.69, 9.17) is 53.1 Å². The van der Waals surface area contributed by atoms with Gasteiger partial charge in [0.25, 0.3) is 0 Å². The highest BCUT2D eigenvalue weighted by Gasteiger charge is 2.20. The minimum Gasteiger partial charge on any atom is -0.508 e. The number of hydrogen-bond acceptors (Lipinski definition) is 14. The molecule has 0 fully saturated rings. The summed E-state index contributed by atoms with van der Waals surface area (Å²) >= 11 is 17.4. The van der Waals surface area contributed by atoms with Crippen molar-refractivity contribution in [2.45, 2.75) is 39.4 Å². The number of carbonyl (C=O) groups is 4. The second-order valence-electron chi connectivity index (χ2n) is 13.6. The van der Waals surface area contributed by atoms with E-state index in [1.165, 1.54) is 50.4 Å². The summed E-state index contributed by atoms with van der Waals surface area (Å²) in [6.45, 7) is 3.75. The number of halogens is 3. The molecule has 344 valence electrons. The average molecular weight is 954 g/mol. The van der Waals surface area contributed by atoms with Gasteiger partial charge in [-0.2, -0.15) is 0 Å². The molecule has 19 heteroatoms. The summed E-state index contributed by atoms with van der Waals surface area (Å²) in [4.78, 5) is 57.5. The number of carbonyl (C=O) groups excluding carboxylic acids is 4. The van der Waals surface area contributed by atoms with Crippen LogP contribution in [-0.2, 0) is 54.1 Å². The average Bonchev–Trinajstić information content (AvgIpc) is 3.88. The van der Waals surface area contributed by atoms with Crippen LogP contribution in [0.3, 0.4) is 0 Å². The Hall–Kier alpha value is -6.75. The van der Waals surface area contributed by atoms with Gasteiger partial charge in [-0.05, 0) is 97.8 Å². The second-order valence-corrected chi connectivity index (χ2v) is 14.7. The number of oxazole rings is 2. The first kappa shape index (κ1) is 50.9. The number of rotatable bonds is 14. The normalized spacial score (nSPS) is 10.3. The number of aromatic hydroxyl groups is 1. The number of nitrogens with zero attached hydrogens (tertiary/aromatic N) is 4. The largest absolute Gasteiger partial charge is 0.508 e. The van der Waals surface area contributed by atoms with Gasteiger partial charge in [-0.1, -0.05) is 47.5 Å². The van der Waals surface area contributed by atoms with Crippen molar-refractivity contribution >= 4 is 58.9 Å². The van der Waals surface area contributed by atoms with E-state index in [9.17, 15) is 24.3 Å². The highest BCUT2D eigenvalue weighted by Crippen LogP contribution is 2.26. The summed E-state index contributed by atoms with van der Waals surface area (Å²) < 4.78 is 35.6. The Kier molecular flexibility index (Phi) is 20.0. The number of methoxy groups -OCH3 is 4. The summed E-state index contributed by atoms with van der Waals surface area (Å²) in [5.41, 5.74) is 4.61. The number of benzene rings is 4. The third-order valence-corrected chi connectivity index (χ3v) is 9.74. The van der Waals surface area contributed by atoms with E-state index < -0.39 is 24.1 Å². The van der Waals surface area contributed by atoms with Crippen molar-refractivity contribution in [1.29, 1.82) is 0 Å². The Morgan fingerprint density at radius 3 is 1.49 bits per heavy atom. The van der Waals surface area contributed by atoms with E-state index >= 15 is 0 Å². The Labute approximate surface area is 390 Å². The van der Waals surface area contributed by atoms with Gasteiger partial charge < -0.3 is 37.6 Å². The Bertz CT molecular complexity index is 2490. The molecule has 0 saturated carbocycles. The molecule has 0 bridgehead atoms. The molecule has 4 aromatic carbocycles. The third kappa shape index (κ3) is 16.1. The standard InChI is InChI=1S/C23H23ClN2O6.C12H15NO5.C11H9Cl2NO/c1-15-20(25-22(32-15)17-7-9-18(24)10-8-17)14-31-19-6-4-5-16(11-19)12-26(23(28)30-3)13-21(27)29-2;1-17-11(15)8-13(12(16)18-2)7-9-4-3-5-10(14)6-9;1-7-10(6-12)14-11(15-7)8-2-4-9(13)5-3-8/h4-11H,12-14H2,1-3H3;3-6,14H,7-8H2,1-2H3;2-5H,6H2,1H3. The van der Waals surface area contributed by atoms with Gasteiger partial charge in [0.1, 0.15) is 48.4 Å². The van der Waals surface area contributed by atoms with E-state index in [1.54, 1.807) is 54.6 Å². The number of esters is 2. The molecule has 0 aliphatic heterocycles. The molecule has 0 atom stereocenters. The van der Waals surface area contributed by atoms with Gasteiger partial charge in [0, 0.05) is 34.3 Å². The summed E-state index contributed by atoms with van der Waals surface area (Å²) in [7, 11) is 4.99. The zero-order valence-electron chi connectivity index (χ0n) is 36.3. The van der Waals surface area contributed by atoms with Crippen molar-refractivity contribution in [2.24, 2.45) is 0 Å². The van der Waals surface area contributed by atoms with Crippen molar-refractivity contribution in [2.75, 3.05) is 41.5 Å². The molecule has 16 nitrogen and oxygen atoms in total. The number of ether oxygens (including phenoxy) is 5. The molecule has 0 aliphatic carbocycles. The van der Waals surface area contributed by atoms with E-state index in [0.29, 0.717) is 50.5 Å². The Balaban J connectivity index is 0.000000236. The molecule has 2 heterocycles. The number of phenolic OH excluding ortho intramolecular Hbond substituents is 1. The third-order valence-electron chi connectivity index (χ3n) is 8.99. The maximum atomic E-state index is 12.0. The lowest BCUT2D eigenvalue weighted by molar-refractivity contribution is -0.142. The minimum absolute atomic E-state index is 0.0929. The lowest BCUT2D eigenvalue weighted by atomic mass is 10.2. The van der Waals surface area contributed by atoms with E-state index in [1.807, 2.05) is 44.2 Å². The molecule has 0 radical (unpaired) electrons. The maximum absolute atomic E-state index is 12.0. The Morgan fingerprint density at radius 1 is 0.615 bits per heavy atom. The summed E-state index contributed by atoms with van der Waals surface area (Å²) in [5.74, 6) is 2.44. The highest BCUT2D eigenvalue weighted by molar-refractivity contribution is 6.30. The molecule has 0 spiro atoms. The van der Waals surface area contributed by atoms with Gasteiger partial charge in [0.2, 0.25) is 11.8 Å². The van der Waals surface area contributed by atoms with E-state index in [0.717, 1.165) is 28.1 Å². The first-order valence-corrected chi connectivity index (χ1v) is 20.7. The first-order valence-electron chi connectivity index (χ1n) is 19.5. The van der Waals surface area contributed by atoms with Gasteiger partial charge in [0.15, 0.2) is 0 Å². The van der Waals surface area contributed by atoms with Crippen molar-refractivity contribution in [1.82, 2.24) is 19.8 Å². The fourth-order valence-electron chi connectivity index (χ4n) is 5.60. The van der Waals surface area contributed by atoms with Crippen LogP contribution >= 0.6 is 34.8 Å². The van der Waals surface area contributed by atoms with Crippen molar-refractivity contribution in [3.63, 3.8) is 0 Å². The monoisotopic (exact) mass is 952 g/mol. The molecular formula is C46H47Cl3N4O12. The molecule has 0 aliphatic rings. The van der Waals surface area contributed by atoms with Gasteiger partial charge >= 0.3 is 24.1 Å². The van der Waals surface area contributed by atoms with E-state index in [2.05, 4.69) is 24.2 Å². The molecule has 6 rings (SSSR count). The van der Waals surface area contributed by atoms with Crippen LogP contribution in [0, 0.1) is 13.8 Å². The zero-order chi connectivity index (χ0) is 47.5. The van der Waals surface area contributed by atoms with Gasteiger partial charge in [-0.25, -0.2) is 19.6 Å². The van der Waals surface area contributed by atoms with E-state index in [-0.39, 0.29) is 38.5 Å². The summed E-state index contributed by atoms with van der Waals surface area (Å²) in [6.07, 6.45) is -1.27. The van der Waals surface area contributed by atoms with Crippen molar-refractivity contribution in [3.8, 4) is 34.4 Å². The van der Waals surface area contributed by atoms with Crippen LogP contribution in [0.25, 0.3) is 22.9 Å². The van der Waals surface area contributed by atoms with Gasteiger partial charge in [-0.15, -0.1) is 11.6 Å². The summed E-state index contributed by atoms with van der Waals surface area (Å²) in [6, 6.07) is 28.2. The van der Waals surface area contributed by atoms with Gasteiger partial charge in [-0.3, -0.25) is 19.4 Å². The predicted octanol–water partition coefficient (Wildman–Crippen LogP) is 9.80. The topological polar surface area (TPSA) is 193 Å². The minimum atomic E-state index is -0.635. The van der Waals surface area contributed by atoms with Crippen LogP contribution in [0.5, 0.6) is 11.5 Å². The van der Waals surface area contributed by atoms with Crippen LogP contribution in [0.1, 0.15) is 34.0 Å². The fraction of sp³-hybridized carbons (Fsp3) is 0.261. The van der Waals surface area contributed by atoms with Crippen LogP contribution in [-0.4, -0.2) is 90.5 Å². The number of aromatic nitrogens is 2. The quantitative estimate of drug-likeness (QED) is 0.0616. The van der Waals surface area contributed by atoms with Crippen LogP contribution in [0.4, 0.5) is 9.59 Å². The second kappa shape index (κ2) is 25.5. The molecule has 6 aromatic rings. The van der Waals surface area contributed by atoms with Crippen LogP contribution < -0.4 is 4.74 Å². The number of amides is 2. The number of hydrogen-bond donors (Lipinski definition) is 1. The van der Waals surface area contributed by atoms with Crippen LogP contribution in [0.15, 0.2) is 106 Å². The fourth-order valence-corrected chi connectivity index (χ4v) is 6.10. The molecule has 1 N–H and O–H groups in total. The Morgan fingerprint density at radius 2 is 1.06 bits per heavy atom. The number of aryl methyl sites for hydroxylation is 2. The predicted molar refractivity (Wildman–Crippen MR) is 241 cm³/mol. The lowest BCUT2D eigenvalue weighted by Gasteiger charge is -2.20. The molecule has 0 saturated heterocycles. The molecular weight excluding hydrogens is 907 g/mol. The molecule has 2 aromatic heterocycles. The van der Waals surface area contributed by atoms with Crippen molar-refractivity contribution < 1.29 is 56.8 Å². The van der Waals surface area contributed by atoms with Crippen LogP contribution in [0.2, 0.25) is 10.0 Å². The lowest BCUT2D eigenvalue weighted by Crippen LogP contribution is -2.35. The van der Waals surface area contributed by atoms with Gasteiger partial charge in [0.05, 0.1) is 40.0 Å². The molecule has 2 amide bonds. The number of alkyl halides is 1. The maximum Gasteiger partial charge on any atom is 0.410 e. The SMILES string of the molecule is COC(=O)CN(Cc1cccc(O)c1)C(=O)OC.COC(=O)CN(Cc1cccc(OCc2nc(-c3ccc(Cl)cc3)oc2C)c1)C(=O)OC.Cc1oc(-c2ccc(Cl)cc2)nc1CCl. The smallest absolute Gasteiger partial charge is 0.410 e. The zero-order valence-corrected chi connectivity index (χ0v) is 38.6.